The maximum Gasteiger partial charge on any atom is 0.296 e. The van der Waals surface area contributed by atoms with E-state index >= 15 is 4.39 Å². The Morgan fingerprint density at radius 1 is 0.900 bits per heavy atom. The van der Waals surface area contributed by atoms with Crippen LogP contribution in [0, 0.1) is 36.1 Å². The first-order valence-electron chi connectivity index (χ1n) is 12.3. The summed E-state index contributed by atoms with van der Waals surface area (Å²) < 4.78 is 126. The number of rotatable bonds is 7. The van der Waals surface area contributed by atoms with Gasteiger partial charge in [0.1, 0.15) is 22.2 Å². The van der Waals surface area contributed by atoms with Crippen molar-refractivity contribution < 1.29 is 48.1 Å². The topological polar surface area (TPSA) is 96.0 Å². The van der Waals surface area contributed by atoms with Crippen molar-refractivity contribution in [3.05, 3.63) is 89.0 Å². The summed E-state index contributed by atoms with van der Waals surface area (Å²) >= 11 is 0. The van der Waals surface area contributed by atoms with Crippen LogP contribution in [0.1, 0.15) is 24.0 Å². The zero-order valence-electron chi connectivity index (χ0n) is 21.1. The Morgan fingerprint density at radius 3 is 2.23 bits per heavy atom. The van der Waals surface area contributed by atoms with Crippen molar-refractivity contribution in [1.82, 2.24) is 0 Å². The molecule has 2 aliphatic rings. The summed E-state index contributed by atoms with van der Waals surface area (Å²) in [5.41, 5.74) is 0.237. The number of sulfone groups is 1. The highest BCUT2D eigenvalue weighted by Crippen LogP contribution is 2.56. The molecule has 2 aliphatic heterocycles. The maximum absolute atomic E-state index is 15.4. The second-order valence-corrected chi connectivity index (χ2v) is 13.5. The van der Waals surface area contributed by atoms with Crippen LogP contribution in [0.25, 0.3) is 0 Å². The molecule has 1 saturated heterocycles. The molecule has 0 saturated carbocycles. The highest BCUT2D eigenvalue weighted by atomic mass is 32.2. The van der Waals surface area contributed by atoms with E-state index in [1.165, 1.54) is 12.1 Å². The van der Waals surface area contributed by atoms with Gasteiger partial charge in [-0.15, -0.1) is 0 Å². The zero-order chi connectivity index (χ0) is 28.9. The third-order valence-corrected chi connectivity index (χ3v) is 11.2. The molecule has 40 heavy (non-hydrogen) atoms. The third-order valence-electron chi connectivity index (χ3n) is 7.32. The molecule has 0 aromatic heterocycles. The lowest BCUT2D eigenvalue weighted by molar-refractivity contribution is -0.0793. The van der Waals surface area contributed by atoms with Gasteiger partial charge in [-0.3, -0.25) is 4.18 Å². The van der Waals surface area contributed by atoms with E-state index in [-0.39, 0.29) is 24.3 Å². The van der Waals surface area contributed by atoms with Gasteiger partial charge in [0.2, 0.25) is 0 Å². The molecule has 1 fully saturated rings. The first kappa shape index (κ1) is 28.5. The fourth-order valence-corrected chi connectivity index (χ4v) is 8.76. The molecule has 0 amide bonds. The van der Waals surface area contributed by atoms with Gasteiger partial charge in [-0.25, -0.2) is 26.0 Å². The average molecular weight is 601 g/mol. The van der Waals surface area contributed by atoms with Gasteiger partial charge in [0.25, 0.3) is 10.1 Å². The third kappa shape index (κ3) is 4.78. The van der Waals surface area contributed by atoms with Crippen LogP contribution in [-0.2, 0) is 33.6 Å². The van der Waals surface area contributed by atoms with Gasteiger partial charge < -0.3 is 9.47 Å². The Bertz CT molecular complexity index is 1640. The highest BCUT2D eigenvalue weighted by Gasteiger charge is 2.61. The molecular weight excluding hydrogens is 576 g/mol. The molecule has 0 N–H and O–H groups in total. The van der Waals surface area contributed by atoms with E-state index in [0.29, 0.717) is 18.2 Å². The smallest absolute Gasteiger partial charge is 0.296 e. The van der Waals surface area contributed by atoms with Crippen molar-refractivity contribution >= 4 is 20.0 Å². The van der Waals surface area contributed by atoms with E-state index in [2.05, 4.69) is 0 Å². The molecule has 5 rings (SSSR count). The quantitative estimate of drug-likeness (QED) is 0.284. The number of hydrogen-bond acceptors (Lipinski definition) is 7. The molecule has 3 aromatic carbocycles. The summed E-state index contributed by atoms with van der Waals surface area (Å²) in [5.74, 6) is -6.26. The predicted octanol–water partition coefficient (Wildman–Crippen LogP) is 4.81. The van der Waals surface area contributed by atoms with Crippen LogP contribution < -0.4 is 4.74 Å². The van der Waals surface area contributed by atoms with E-state index in [1.54, 1.807) is 19.1 Å². The Balaban J connectivity index is 1.54. The van der Waals surface area contributed by atoms with Crippen molar-refractivity contribution in [2.75, 3.05) is 19.8 Å². The van der Waals surface area contributed by atoms with Crippen molar-refractivity contribution in [2.45, 2.75) is 40.4 Å². The van der Waals surface area contributed by atoms with Crippen molar-refractivity contribution in [3.8, 4) is 5.75 Å². The summed E-state index contributed by atoms with van der Waals surface area (Å²) in [7, 11) is -8.98. The molecule has 0 radical (unpaired) electrons. The van der Waals surface area contributed by atoms with Gasteiger partial charge in [-0.2, -0.15) is 8.42 Å². The van der Waals surface area contributed by atoms with E-state index < -0.39 is 89.4 Å². The van der Waals surface area contributed by atoms with Gasteiger partial charge in [-0.05, 0) is 56.2 Å². The predicted molar refractivity (Wildman–Crippen MR) is 134 cm³/mol. The monoisotopic (exact) mass is 600 g/mol. The normalized spacial score (nSPS) is 22.7. The lowest BCUT2D eigenvalue weighted by Crippen LogP contribution is -2.57. The van der Waals surface area contributed by atoms with Crippen LogP contribution in [0.2, 0.25) is 0 Å². The van der Waals surface area contributed by atoms with Gasteiger partial charge in [0.05, 0.1) is 34.7 Å². The number of aryl methyl sites for hydroxylation is 1. The molecule has 0 spiro atoms. The molecular formula is C27H24F4O7S2. The molecule has 0 aliphatic carbocycles. The number of hydrogen-bond donors (Lipinski definition) is 0. The van der Waals surface area contributed by atoms with Crippen LogP contribution in [0.15, 0.2) is 64.4 Å². The summed E-state index contributed by atoms with van der Waals surface area (Å²) in [4.78, 5) is -0.842. The second kappa shape index (κ2) is 10.4. The molecule has 1 unspecified atom stereocenters. The first-order chi connectivity index (χ1) is 18.9. The van der Waals surface area contributed by atoms with Crippen LogP contribution in [0.5, 0.6) is 5.75 Å². The summed E-state index contributed by atoms with van der Waals surface area (Å²) in [6, 6.07) is 9.20. The zero-order valence-corrected chi connectivity index (χ0v) is 22.7. The molecule has 7 nitrogen and oxygen atoms in total. The minimum atomic E-state index is -4.82. The Kier molecular flexibility index (Phi) is 7.44. The summed E-state index contributed by atoms with van der Waals surface area (Å²) in [6.07, 6.45) is -1.61. The van der Waals surface area contributed by atoms with Crippen molar-refractivity contribution in [2.24, 2.45) is 5.92 Å². The number of benzene rings is 3. The standard InChI is InChI=1S/C27H24F4O7S2/c1-16-2-4-19(5-3-16)40(34,35)38-10-8-24-21-15-37-26-23(31)7-6-22(30)25(26)27(21,9-11-36-24)39(32,33)20-13-17(28)12-18(29)14-20/h2-7,12-14,21,24H,8-11,15H2,1H3/t21?,24-,27-/m0/s1. The number of ether oxygens (including phenoxy) is 2. The lowest BCUT2D eigenvalue weighted by atomic mass is 9.75. The molecule has 13 heteroatoms. The van der Waals surface area contributed by atoms with Gasteiger partial charge in [-0.1, -0.05) is 17.7 Å². The fraction of sp³-hybridized carbons (Fsp3) is 0.333. The number of fused-ring (bicyclic) bond motifs is 3. The lowest BCUT2D eigenvalue weighted by Gasteiger charge is -2.50. The van der Waals surface area contributed by atoms with Crippen molar-refractivity contribution in [3.63, 3.8) is 0 Å². The minimum Gasteiger partial charge on any atom is -0.490 e. The van der Waals surface area contributed by atoms with Gasteiger partial charge >= 0.3 is 0 Å². The van der Waals surface area contributed by atoms with Crippen LogP contribution in [0.3, 0.4) is 0 Å². The van der Waals surface area contributed by atoms with Crippen LogP contribution >= 0.6 is 0 Å². The molecule has 0 bridgehead atoms. The largest absolute Gasteiger partial charge is 0.490 e. The van der Waals surface area contributed by atoms with Gasteiger partial charge in [0, 0.05) is 18.6 Å². The molecule has 3 aromatic rings. The minimum absolute atomic E-state index is 0.0832. The molecule has 3 atom stereocenters. The number of halogens is 4. The van der Waals surface area contributed by atoms with Crippen LogP contribution in [0.4, 0.5) is 17.6 Å². The fourth-order valence-electron chi connectivity index (χ4n) is 5.45. The Morgan fingerprint density at radius 2 is 1.55 bits per heavy atom. The van der Waals surface area contributed by atoms with Crippen LogP contribution in [-0.4, -0.2) is 42.8 Å². The Hall–Kier alpha value is -3.00. The molecule has 2 heterocycles. The first-order valence-corrected chi connectivity index (χ1v) is 15.2. The van der Waals surface area contributed by atoms with E-state index in [0.717, 1.165) is 17.7 Å². The van der Waals surface area contributed by atoms with Crippen molar-refractivity contribution in [1.29, 1.82) is 0 Å². The molecule has 214 valence electrons. The Labute approximate surface area is 228 Å². The maximum atomic E-state index is 15.4. The van der Waals surface area contributed by atoms with Gasteiger partial charge in [0.15, 0.2) is 21.4 Å². The van der Waals surface area contributed by atoms with E-state index in [9.17, 15) is 30.0 Å². The SMILES string of the molecule is Cc1ccc(S(=O)(=O)OCC[C@@H]2OCC[C@@]3(S(=O)(=O)c4cc(F)cc(F)c4)c4c(F)ccc(F)c4OCC23)cc1. The summed E-state index contributed by atoms with van der Waals surface area (Å²) in [6.45, 7) is 0.633. The van der Waals surface area contributed by atoms with E-state index in [4.69, 9.17) is 13.7 Å². The summed E-state index contributed by atoms with van der Waals surface area (Å²) in [5, 5.41) is 0. The highest BCUT2D eigenvalue weighted by molar-refractivity contribution is 7.92. The second-order valence-electron chi connectivity index (χ2n) is 9.69. The average Bonchev–Trinajstić information content (AvgIpc) is 2.90. The van der Waals surface area contributed by atoms with E-state index in [1.807, 2.05) is 0 Å².